The Hall–Kier alpha value is -1.02. The van der Waals surface area contributed by atoms with Crippen LogP contribution in [0.4, 0.5) is 0 Å². The van der Waals surface area contributed by atoms with Gasteiger partial charge in [0, 0.05) is 51.3 Å². The second-order valence-electron chi connectivity index (χ2n) is 7.71. The molecule has 0 aliphatic carbocycles. The molecule has 2 aliphatic heterocycles. The molecule has 2 fully saturated rings. The van der Waals surface area contributed by atoms with Crippen molar-refractivity contribution in [2.75, 3.05) is 46.4 Å². The standard InChI is InChI=1S/C20H34N4O2S/c1-3-19-22-17(15-27-19)14-23-10-6-18(7-11-23)24-9-4-5-16(13-24)20(25)21-8-12-26-2/h15-16,18H,3-14H2,1-2H3,(H,21,25)/t16-/m0/s1. The molecule has 3 heterocycles. The molecule has 0 saturated carbocycles. The lowest BCUT2D eigenvalue weighted by molar-refractivity contribution is -0.127. The van der Waals surface area contributed by atoms with Gasteiger partial charge in [0.25, 0.3) is 0 Å². The summed E-state index contributed by atoms with van der Waals surface area (Å²) in [6.07, 6.45) is 5.56. The van der Waals surface area contributed by atoms with Gasteiger partial charge in [0.05, 0.1) is 23.2 Å². The number of methoxy groups -OCH3 is 1. The Kier molecular flexibility index (Phi) is 8.06. The van der Waals surface area contributed by atoms with E-state index in [-0.39, 0.29) is 11.8 Å². The number of likely N-dealkylation sites (tertiary alicyclic amines) is 2. The number of aromatic nitrogens is 1. The molecule has 6 nitrogen and oxygen atoms in total. The third kappa shape index (κ3) is 5.98. The van der Waals surface area contributed by atoms with Crippen LogP contribution in [0, 0.1) is 5.92 Å². The van der Waals surface area contributed by atoms with Gasteiger partial charge in [-0.25, -0.2) is 4.98 Å². The van der Waals surface area contributed by atoms with Crippen molar-refractivity contribution in [2.24, 2.45) is 5.92 Å². The predicted molar refractivity (Wildman–Crippen MR) is 109 cm³/mol. The molecule has 0 spiro atoms. The fourth-order valence-electron chi connectivity index (χ4n) is 4.23. The number of hydrogen-bond acceptors (Lipinski definition) is 6. The molecule has 2 aliphatic rings. The summed E-state index contributed by atoms with van der Waals surface area (Å²) in [5.74, 6) is 0.334. The average molecular weight is 395 g/mol. The first-order valence-corrected chi connectivity index (χ1v) is 11.2. The number of aryl methyl sites for hydroxylation is 1. The number of ether oxygens (including phenoxy) is 1. The van der Waals surface area contributed by atoms with Gasteiger partial charge in [-0.15, -0.1) is 11.3 Å². The summed E-state index contributed by atoms with van der Waals surface area (Å²) in [5.41, 5.74) is 1.22. The average Bonchev–Trinajstić information content (AvgIpc) is 3.16. The van der Waals surface area contributed by atoms with Crippen molar-refractivity contribution in [3.63, 3.8) is 0 Å². The molecule has 0 bridgehead atoms. The molecule has 1 amide bonds. The fraction of sp³-hybridized carbons (Fsp3) is 0.800. The molecule has 1 atom stereocenters. The summed E-state index contributed by atoms with van der Waals surface area (Å²) >= 11 is 1.78. The Balaban J connectivity index is 1.42. The van der Waals surface area contributed by atoms with Gasteiger partial charge < -0.3 is 10.1 Å². The van der Waals surface area contributed by atoms with Gasteiger partial charge in [-0.2, -0.15) is 0 Å². The molecule has 2 saturated heterocycles. The van der Waals surface area contributed by atoms with Gasteiger partial charge in [-0.05, 0) is 38.6 Å². The molecule has 27 heavy (non-hydrogen) atoms. The van der Waals surface area contributed by atoms with Crippen molar-refractivity contribution in [1.82, 2.24) is 20.1 Å². The van der Waals surface area contributed by atoms with E-state index >= 15 is 0 Å². The molecule has 7 heteroatoms. The number of piperidine rings is 2. The van der Waals surface area contributed by atoms with Crippen LogP contribution in [0.1, 0.15) is 43.3 Å². The quantitative estimate of drug-likeness (QED) is 0.685. The van der Waals surface area contributed by atoms with Crippen molar-refractivity contribution in [3.05, 3.63) is 16.1 Å². The minimum atomic E-state index is 0.135. The van der Waals surface area contributed by atoms with Crippen molar-refractivity contribution in [1.29, 1.82) is 0 Å². The van der Waals surface area contributed by atoms with Gasteiger partial charge in [0.2, 0.25) is 5.91 Å². The Labute approximate surface area is 167 Å². The van der Waals surface area contributed by atoms with Crippen LogP contribution < -0.4 is 5.32 Å². The number of carbonyl (C=O) groups is 1. The number of carbonyl (C=O) groups excluding carboxylic acids is 1. The van der Waals surface area contributed by atoms with E-state index in [9.17, 15) is 4.79 Å². The number of nitrogens with one attached hydrogen (secondary N) is 1. The van der Waals surface area contributed by atoms with Crippen molar-refractivity contribution in [2.45, 2.75) is 51.6 Å². The van der Waals surface area contributed by atoms with Crippen LogP contribution in [0.3, 0.4) is 0 Å². The second kappa shape index (κ2) is 10.5. The molecule has 1 N–H and O–H groups in total. The minimum absolute atomic E-state index is 0.135. The zero-order valence-corrected chi connectivity index (χ0v) is 17.6. The molecule has 1 aromatic rings. The highest BCUT2D eigenvalue weighted by Crippen LogP contribution is 2.25. The third-order valence-electron chi connectivity index (χ3n) is 5.79. The summed E-state index contributed by atoms with van der Waals surface area (Å²) in [5, 5.41) is 6.46. The maximum absolute atomic E-state index is 12.4. The number of rotatable bonds is 8. The first kappa shape index (κ1) is 20.7. The van der Waals surface area contributed by atoms with Gasteiger partial charge >= 0.3 is 0 Å². The summed E-state index contributed by atoms with van der Waals surface area (Å²) in [6, 6.07) is 0.623. The highest BCUT2D eigenvalue weighted by molar-refractivity contribution is 7.09. The van der Waals surface area contributed by atoms with E-state index in [4.69, 9.17) is 9.72 Å². The van der Waals surface area contributed by atoms with E-state index in [2.05, 4.69) is 27.4 Å². The summed E-state index contributed by atoms with van der Waals surface area (Å²) < 4.78 is 5.02. The molecule has 3 rings (SSSR count). The van der Waals surface area contributed by atoms with Crippen LogP contribution in [0.25, 0.3) is 0 Å². The van der Waals surface area contributed by atoms with Gasteiger partial charge in [-0.1, -0.05) is 6.92 Å². The largest absolute Gasteiger partial charge is 0.383 e. The van der Waals surface area contributed by atoms with E-state index in [1.807, 2.05) is 0 Å². The van der Waals surface area contributed by atoms with Crippen LogP contribution >= 0.6 is 11.3 Å². The van der Waals surface area contributed by atoms with Crippen molar-refractivity contribution >= 4 is 17.2 Å². The first-order chi connectivity index (χ1) is 13.2. The molecule has 152 valence electrons. The zero-order valence-electron chi connectivity index (χ0n) is 16.8. The summed E-state index contributed by atoms with van der Waals surface area (Å²) in [6.45, 7) is 8.65. The van der Waals surface area contributed by atoms with E-state index in [1.165, 1.54) is 23.5 Å². The second-order valence-corrected chi connectivity index (χ2v) is 8.65. The minimum Gasteiger partial charge on any atom is -0.383 e. The first-order valence-electron chi connectivity index (χ1n) is 10.4. The number of thiazole rings is 1. The third-order valence-corrected chi connectivity index (χ3v) is 6.83. The number of hydrogen-bond donors (Lipinski definition) is 1. The normalized spacial score (nSPS) is 22.8. The Bertz CT molecular complexity index is 586. The van der Waals surface area contributed by atoms with Crippen molar-refractivity contribution < 1.29 is 9.53 Å². The SMILES string of the molecule is CCc1nc(CN2CCC(N3CCC[C@H](C(=O)NCCOC)C3)CC2)cs1. The topological polar surface area (TPSA) is 57.7 Å². The Morgan fingerprint density at radius 1 is 1.33 bits per heavy atom. The molecular weight excluding hydrogens is 360 g/mol. The van der Waals surface area contributed by atoms with Crippen LogP contribution in [-0.4, -0.2) is 73.2 Å². The zero-order chi connectivity index (χ0) is 19.1. The molecule has 1 aromatic heterocycles. The van der Waals surface area contributed by atoms with E-state index < -0.39 is 0 Å². The van der Waals surface area contributed by atoms with Gasteiger partial charge in [-0.3, -0.25) is 14.6 Å². The van der Waals surface area contributed by atoms with Gasteiger partial charge in [0.15, 0.2) is 0 Å². The summed E-state index contributed by atoms with van der Waals surface area (Å²) in [7, 11) is 1.66. The lowest BCUT2D eigenvalue weighted by Crippen LogP contribution is -2.50. The smallest absolute Gasteiger partial charge is 0.224 e. The maximum Gasteiger partial charge on any atom is 0.224 e. The van der Waals surface area contributed by atoms with Crippen LogP contribution in [0.15, 0.2) is 5.38 Å². The summed E-state index contributed by atoms with van der Waals surface area (Å²) in [4.78, 5) is 22.2. The lowest BCUT2D eigenvalue weighted by atomic mass is 9.93. The monoisotopic (exact) mass is 394 g/mol. The van der Waals surface area contributed by atoms with E-state index in [1.54, 1.807) is 18.4 Å². The number of nitrogens with zero attached hydrogens (tertiary/aromatic N) is 3. The predicted octanol–water partition coefficient (Wildman–Crippen LogP) is 2.14. The molecule has 0 aromatic carbocycles. The highest BCUT2D eigenvalue weighted by Gasteiger charge is 2.31. The Morgan fingerprint density at radius 3 is 2.85 bits per heavy atom. The highest BCUT2D eigenvalue weighted by atomic mass is 32.1. The molecular formula is C20H34N4O2S. The maximum atomic E-state index is 12.4. The van der Waals surface area contributed by atoms with E-state index in [0.717, 1.165) is 52.0 Å². The van der Waals surface area contributed by atoms with Crippen LogP contribution in [0.2, 0.25) is 0 Å². The van der Waals surface area contributed by atoms with Crippen LogP contribution in [0.5, 0.6) is 0 Å². The van der Waals surface area contributed by atoms with E-state index in [0.29, 0.717) is 19.2 Å². The molecule has 0 radical (unpaired) electrons. The molecule has 0 unspecified atom stereocenters. The number of amides is 1. The van der Waals surface area contributed by atoms with Crippen molar-refractivity contribution in [3.8, 4) is 0 Å². The lowest BCUT2D eigenvalue weighted by Gasteiger charge is -2.42. The van der Waals surface area contributed by atoms with Crippen LogP contribution in [-0.2, 0) is 22.5 Å². The Morgan fingerprint density at radius 2 is 2.15 bits per heavy atom. The van der Waals surface area contributed by atoms with Gasteiger partial charge in [0.1, 0.15) is 0 Å². The fourth-order valence-corrected chi connectivity index (χ4v) is 4.96.